The average Bonchev–Trinajstić information content (AvgIpc) is 2.63. The molecule has 0 saturated carbocycles. The summed E-state index contributed by atoms with van der Waals surface area (Å²) in [5.74, 6) is -0.177. The lowest BCUT2D eigenvalue weighted by Crippen LogP contribution is -2.36. The lowest BCUT2D eigenvalue weighted by molar-refractivity contribution is -0.118. The molecule has 0 spiro atoms. The first-order valence-electron chi connectivity index (χ1n) is 5.25. The van der Waals surface area contributed by atoms with Crippen LogP contribution in [0, 0.1) is 3.57 Å². The van der Waals surface area contributed by atoms with Gasteiger partial charge in [0.15, 0.2) is 0 Å². The summed E-state index contributed by atoms with van der Waals surface area (Å²) >= 11 is 1.65. The van der Waals surface area contributed by atoms with E-state index in [1.165, 1.54) is 0 Å². The van der Waals surface area contributed by atoms with E-state index in [-0.39, 0.29) is 9.45 Å². The number of H-pyrrole nitrogens is 2. The van der Waals surface area contributed by atoms with Gasteiger partial charge < -0.3 is 24.8 Å². The van der Waals surface area contributed by atoms with Crippen LogP contribution in [0.2, 0.25) is 0 Å². The van der Waals surface area contributed by atoms with Crippen LogP contribution in [0.5, 0.6) is 5.88 Å². The minimum atomic E-state index is -1.41. The molecular weight excluding hydrogens is 375 g/mol. The van der Waals surface area contributed by atoms with Crippen LogP contribution in [0.25, 0.3) is 0 Å². The van der Waals surface area contributed by atoms with Gasteiger partial charge in [0.05, 0.1) is 6.61 Å². The van der Waals surface area contributed by atoms with Gasteiger partial charge in [0.25, 0.3) is 5.56 Å². The van der Waals surface area contributed by atoms with Crippen LogP contribution in [0.3, 0.4) is 0 Å². The van der Waals surface area contributed by atoms with Crippen molar-refractivity contribution in [3.05, 3.63) is 24.4 Å². The number of aliphatic hydroxyl groups is 3. The van der Waals surface area contributed by atoms with Gasteiger partial charge >= 0.3 is 5.69 Å². The highest BCUT2D eigenvalue weighted by Gasteiger charge is 2.44. The molecular formula is C9H11IN2O7. The SMILES string of the molecule is O=c1[nH]c(OC2O[C@H](CO)[C@@H](O)[C@@H]2O)c(I)c(=O)[nH]1. The zero-order valence-corrected chi connectivity index (χ0v) is 11.5. The molecule has 1 aliphatic rings. The van der Waals surface area contributed by atoms with E-state index in [0.29, 0.717) is 0 Å². The molecule has 9 nitrogen and oxygen atoms in total. The average molecular weight is 386 g/mol. The van der Waals surface area contributed by atoms with Crippen LogP contribution in [0.15, 0.2) is 9.59 Å². The quantitative estimate of drug-likeness (QED) is 0.361. The summed E-state index contributed by atoms with van der Waals surface area (Å²) in [6.07, 6.45) is -5.01. The second kappa shape index (κ2) is 5.58. The minimum Gasteiger partial charge on any atom is -0.445 e. The van der Waals surface area contributed by atoms with E-state index in [1.807, 2.05) is 4.98 Å². The van der Waals surface area contributed by atoms with Gasteiger partial charge in [0, 0.05) is 0 Å². The van der Waals surface area contributed by atoms with Crippen molar-refractivity contribution >= 4 is 22.6 Å². The Balaban J connectivity index is 2.23. The normalized spacial score (nSPS) is 30.5. The van der Waals surface area contributed by atoms with Crippen molar-refractivity contribution < 1.29 is 24.8 Å². The van der Waals surface area contributed by atoms with Crippen LogP contribution in [-0.2, 0) is 4.74 Å². The zero-order valence-electron chi connectivity index (χ0n) is 9.37. The van der Waals surface area contributed by atoms with Crippen LogP contribution < -0.4 is 16.0 Å². The van der Waals surface area contributed by atoms with Crippen molar-refractivity contribution in [2.24, 2.45) is 0 Å². The summed E-state index contributed by atoms with van der Waals surface area (Å²) in [7, 11) is 0. The third-order valence-corrected chi connectivity index (χ3v) is 3.57. The number of hydrogen-bond acceptors (Lipinski definition) is 7. The molecule has 1 saturated heterocycles. The molecule has 1 aliphatic heterocycles. The minimum absolute atomic E-state index is 0.0648. The Morgan fingerprint density at radius 1 is 1.26 bits per heavy atom. The van der Waals surface area contributed by atoms with E-state index in [4.69, 9.17) is 14.6 Å². The second-order valence-electron chi connectivity index (χ2n) is 3.88. The van der Waals surface area contributed by atoms with Gasteiger partial charge in [-0.05, 0) is 22.6 Å². The largest absolute Gasteiger partial charge is 0.445 e. The Labute approximate surface area is 119 Å². The van der Waals surface area contributed by atoms with E-state index in [1.54, 1.807) is 22.6 Å². The molecule has 106 valence electrons. The summed E-state index contributed by atoms with van der Waals surface area (Å²) in [6, 6.07) is 0. The molecule has 0 aliphatic carbocycles. The van der Waals surface area contributed by atoms with Gasteiger partial charge in [-0.3, -0.25) is 14.8 Å². The van der Waals surface area contributed by atoms with E-state index >= 15 is 0 Å². The van der Waals surface area contributed by atoms with Gasteiger partial charge in [-0.25, -0.2) is 4.79 Å². The molecule has 2 heterocycles. The maximum Gasteiger partial charge on any atom is 0.328 e. The highest BCUT2D eigenvalue weighted by Crippen LogP contribution is 2.24. The van der Waals surface area contributed by atoms with Crippen molar-refractivity contribution in [3.63, 3.8) is 0 Å². The van der Waals surface area contributed by atoms with Crippen molar-refractivity contribution in [1.29, 1.82) is 0 Å². The fourth-order valence-electron chi connectivity index (χ4n) is 1.61. The van der Waals surface area contributed by atoms with Crippen LogP contribution in [-0.4, -0.2) is 56.5 Å². The number of aromatic nitrogens is 2. The molecule has 1 fully saturated rings. The molecule has 5 N–H and O–H groups in total. The molecule has 19 heavy (non-hydrogen) atoms. The van der Waals surface area contributed by atoms with Gasteiger partial charge in [-0.15, -0.1) is 0 Å². The molecule has 0 aromatic carbocycles. The maximum atomic E-state index is 11.3. The second-order valence-corrected chi connectivity index (χ2v) is 4.95. The standard InChI is InChI=1S/C9H11IN2O7/c10-3-6(16)11-9(17)12-7(3)19-8-5(15)4(14)2(1-13)18-8/h2,4-5,8,13-15H,1H2,(H2,11,12,16,17)/t2-,4-,5+,8?/m1/s1. The van der Waals surface area contributed by atoms with Crippen molar-refractivity contribution in [1.82, 2.24) is 9.97 Å². The molecule has 2 rings (SSSR count). The van der Waals surface area contributed by atoms with E-state index in [0.717, 1.165) is 0 Å². The first-order valence-corrected chi connectivity index (χ1v) is 6.33. The Kier molecular flexibility index (Phi) is 4.25. The monoisotopic (exact) mass is 386 g/mol. The molecule has 1 aromatic rings. The third-order valence-electron chi connectivity index (χ3n) is 2.59. The molecule has 0 radical (unpaired) electrons. The Hall–Kier alpha value is -0.950. The zero-order chi connectivity index (χ0) is 14.2. The third kappa shape index (κ3) is 2.81. The number of aliphatic hydroxyl groups excluding tert-OH is 3. The van der Waals surface area contributed by atoms with Gasteiger partial charge in [0.2, 0.25) is 12.2 Å². The first kappa shape index (κ1) is 14.5. The van der Waals surface area contributed by atoms with Crippen LogP contribution in [0.1, 0.15) is 0 Å². The number of nitrogens with one attached hydrogen (secondary N) is 2. The van der Waals surface area contributed by atoms with Gasteiger partial charge in [-0.2, -0.15) is 0 Å². The predicted molar refractivity (Wildman–Crippen MR) is 68.8 cm³/mol. The molecule has 10 heteroatoms. The Morgan fingerprint density at radius 3 is 2.53 bits per heavy atom. The Morgan fingerprint density at radius 2 is 1.95 bits per heavy atom. The van der Waals surface area contributed by atoms with Crippen molar-refractivity contribution in [2.75, 3.05) is 6.61 Å². The topological polar surface area (TPSA) is 145 Å². The van der Waals surface area contributed by atoms with Crippen LogP contribution in [0.4, 0.5) is 0 Å². The molecule has 1 aromatic heterocycles. The lowest BCUT2D eigenvalue weighted by atomic mass is 10.1. The molecule has 1 unspecified atom stereocenters. The number of rotatable bonds is 3. The van der Waals surface area contributed by atoms with E-state index in [2.05, 4.69) is 4.98 Å². The fourth-order valence-corrected chi connectivity index (χ4v) is 2.01. The number of hydrogen-bond donors (Lipinski definition) is 5. The van der Waals surface area contributed by atoms with Gasteiger partial charge in [0.1, 0.15) is 21.9 Å². The predicted octanol–water partition coefficient (Wildman–Crippen LogP) is -2.51. The van der Waals surface area contributed by atoms with Crippen molar-refractivity contribution in [3.8, 4) is 5.88 Å². The summed E-state index contributed by atoms with van der Waals surface area (Å²) < 4.78 is 10.3. The first-order chi connectivity index (χ1) is 8.93. The lowest BCUT2D eigenvalue weighted by Gasteiger charge is -2.16. The highest BCUT2D eigenvalue weighted by molar-refractivity contribution is 14.1. The smallest absolute Gasteiger partial charge is 0.328 e. The molecule has 0 amide bonds. The summed E-state index contributed by atoms with van der Waals surface area (Å²) in [6.45, 7) is -0.499. The number of ether oxygens (including phenoxy) is 2. The highest BCUT2D eigenvalue weighted by atomic mass is 127. The Bertz CT molecular complexity index is 570. The van der Waals surface area contributed by atoms with Gasteiger partial charge in [-0.1, -0.05) is 0 Å². The number of aromatic amines is 2. The van der Waals surface area contributed by atoms with E-state index in [9.17, 15) is 19.8 Å². The van der Waals surface area contributed by atoms with Crippen molar-refractivity contribution in [2.45, 2.75) is 24.6 Å². The summed E-state index contributed by atoms with van der Waals surface area (Å²) in [5, 5.41) is 28.1. The number of halogens is 1. The molecule has 0 bridgehead atoms. The molecule has 4 atom stereocenters. The van der Waals surface area contributed by atoms with E-state index < -0.39 is 42.5 Å². The summed E-state index contributed by atoms with van der Waals surface area (Å²) in [4.78, 5) is 26.7. The summed E-state index contributed by atoms with van der Waals surface area (Å²) in [5.41, 5.74) is -1.42. The maximum absolute atomic E-state index is 11.3. The van der Waals surface area contributed by atoms with Crippen LogP contribution >= 0.6 is 22.6 Å². The fraction of sp³-hybridized carbons (Fsp3) is 0.556.